The summed E-state index contributed by atoms with van der Waals surface area (Å²) in [6.45, 7) is 2.14. The number of thiophene rings is 1. The van der Waals surface area contributed by atoms with Crippen LogP contribution in [0.5, 0.6) is 0 Å². The number of rotatable bonds is 2. The SMILES string of the molecule is Cc1ccc(C2NC3(CCCC3)C(=O)N2C2CCSC2)s1. The van der Waals surface area contributed by atoms with Crippen LogP contribution >= 0.6 is 23.1 Å². The molecule has 2 unspecified atom stereocenters. The molecule has 1 N–H and O–H groups in total. The van der Waals surface area contributed by atoms with Gasteiger partial charge in [-0.1, -0.05) is 12.8 Å². The Hall–Kier alpha value is -0.520. The molecule has 2 saturated heterocycles. The second kappa shape index (κ2) is 5.28. The summed E-state index contributed by atoms with van der Waals surface area (Å²) in [7, 11) is 0. The van der Waals surface area contributed by atoms with Gasteiger partial charge in [-0.15, -0.1) is 11.3 Å². The van der Waals surface area contributed by atoms with Gasteiger partial charge in [-0.2, -0.15) is 11.8 Å². The monoisotopic (exact) mass is 322 g/mol. The molecule has 21 heavy (non-hydrogen) atoms. The Morgan fingerprint density at radius 2 is 2.14 bits per heavy atom. The molecule has 0 aromatic carbocycles. The van der Waals surface area contributed by atoms with E-state index in [0.717, 1.165) is 25.0 Å². The molecule has 2 aliphatic heterocycles. The largest absolute Gasteiger partial charge is 0.317 e. The topological polar surface area (TPSA) is 32.3 Å². The fraction of sp³-hybridized carbons (Fsp3) is 0.688. The highest BCUT2D eigenvalue weighted by atomic mass is 32.2. The molecule has 1 saturated carbocycles. The molecule has 3 aliphatic rings. The number of amides is 1. The van der Waals surface area contributed by atoms with Crippen LogP contribution < -0.4 is 5.32 Å². The van der Waals surface area contributed by atoms with Crippen molar-refractivity contribution >= 4 is 29.0 Å². The Balaban J connectivity index is 1.70. The Morgan fingerprint density at radius 1 is 1.33 bits per heavy atom. The van der Waals surface area contributed by atoms with Crippen LogP contribution in [0.15, 0.2) is 12.1 Å². The van der Waals surface area contributed by atoms with Crippen molar-refractivity contribution in [3.05, 3.63) is 21.9 Å². The summed E-state index contributed by atoms with van der Waals surface area (Å²) >= 11 is 3.81. The maximum absolute atomic E-state index is 13.2. The molecule has 114 valence electrons. The van der Waals surface area contributed by atoms with Gasteiger partial charge in [-0.3, -0.25) is 10.1 Å². The lowest BCUT2D eigenvalue weighted by atomic mass is 9.97. The lowest BCUT2D eigenvalue weighted by Gasteiger charge is -2.29. The van der Waals surface area contributed by atoms with Gasteiger partial charge in [0.1, 0.15) is 6.17 Å². The van der Waals surface area contributed by atoms with Gasteiger partial charge in [-0.05, 0) is 44.1 Å². The van der Waals surface area contributed by atoms with Crippen molar-refractivity contribution in [2.24, 2.45) is 0 Å². The molecule has 1 aromatic rings. The van der Waals surface area contributed by atoms with E-state index in [0.29, 0.717) is 11.9 Å². The van der Waals surface area contributed by atoms with Crippen molar-refractivity contribution < 1.29 is 4.79 Å². The first-order chi connectivity index (χ1) is 10.2. The van der Waals surface area contributed by atoms with E-state index in [1.807, 2.05) is 23.1 Å². The highest BCUT2D eigenvalue weighted by molar-refractivity contribution is 7.99. The van der Waals surface area contributed by atoms with Crippen LogP contribution in [-0.2, 0) is 4.79 Å². The Morgan fingerprint density at radius 3 is 2.76 bits per heavy atom. The second-order valence-corrected chi connectivity index (χ2v) is 8.98. The van der Waals surface area contributed by atoms with Crippen molar-refractivity contribution in [1.82, 2.24) is 10.2 Å². The van der Waals surface area contributed by atoms with E-state index in [9.17, 15) is 4.79 Å². The summed E-state index contributed by atoms with van der Waals surface area (Å²) in [6, 6.07) is 4.80. The number of hydrogen-bond acceptors (Lipinski definition) is 4. The van der Waals surface area contributed by atoms with Gasteiger partial charge in [0.05, 0.1) is 5.54 Å². The van der Waals surface area contributed by atoms with E-state index < -0.39 is 0 Å². The molecule has 3 heterocycles. The van der Waals surface area contributed by atoms with Gasteiger partial charge in [0.25, 0.3) is 0 Å². The number of carbonyl (C=O) groups is 1. The highest BCUT2D eigenvalue weighted by Gasteiger charge is 2.54. The highest BCUT2D eigenvalue weighted by Crippen LogP contribution is 2.44. The fourth-order valence-corrected chi connectivity index (χ4v) is 6.15. The zero-order chi connectivity index (χ0) is 14.4. The summed E-state index contributed by atoms with van der Waals surface area (Å²) in [4.78, 5) is 18.0. The molecule has 4 rings (SSSR count). The average Bonchev–Trinajstić information content (AvgIpc) is 3.21. The van der Waals surface area contributed by atoms with Crippen molar-refractivity contribution in [2.45, 2.75) is 56.8 Å². The number of carbonyl (C=O) groups excluding carboxylic acids is 1. The summed E-state index contributed by atoms with van der Waals surface area (Å²) in [5.41, 5.74) is -0.254. The van der Waals surface area contributed by atoms with Crippen LogP contribution in [0.1, 0.15) is 48.0 Å². The zero-order valence-corrected chi connectivity index (χ0v) is 14.1. The quantitative estimate of drug-likeness (QED) is 0.907. The van der Waals surface area contributed by atoms with Crippen molar-refractivity contribution in [3.8, 4) is 0 Å². The smallest absolute Gasteiger partial charge is 0.244 e. The molecule has 3 fully saturated rings. The molecule has 1 aliphatic carbocycles. The molecule has 5 heteroatoms. The first kappa shape index (κ1) is 14.1. The minimum Gasteiger partial charge on any atom is -0.317 e. The summed E-state index contributed by atoms with van der Waals surface area (Å²) in [5, 5.41) is 3.75. The minimum atomic E-state index is -0.254. The maximum Gasteiger partial charge on any atom is 0.244 e. The molecule has 0 bridgehead atoms. The van der Waals surface area contributed by atoms with Gasteiger partial charge >= 0.3 is 0 Å². The molecule has 3 nitrogen and oxygen atoms in total. The lowest BCUT2D eigenvalue weighted by Crippen LogP contribution is -2.45. The molecule has 1 amide bonds. The Labute approximate surface area is 134 Å². The minimum absolute atomic E-state index is 0.109. The second-order valence-electron chi connectivity index (χ2n) is 6.51. The molecule has 0 radical (unpaired) electrons. The van der Waals surface area contributed by atoms with Crippen LogP contribution in [-0.4, -0.2) is 33.9 Å². The molecule has 1 spiro atoms. The first-order valence-electron chi connectivity index (χ1n) is 7.94. The third kappa shape index (κ3) is 2.25. The van der Waals surface area contributed by atoms with Gasteiger partial charge in [-0.25, -0.2) is 0 Å². The number of nitrogens with zero attached hydrogens (tertiary/aromatic N) is 1. The maximum atomic E-state index is 13.2. The van der Waals surface area contributed by atoms with Gasteiger partial charge in [0.15, 0.2) is 0 Å². The predicted molar refractivity (Wildman–Crippen MR) is 88.7 cm³/mol. The van der Waals surface area contributed by atoms with Gasteiger partial charge in [0, 0.05) is 21.5 Å². The van der Waals surface area contributed by atoms with E-state index in [4.69, 9.17) is 0 Å². The number of thioether (sulfide) groups is 1. The Bertz CT molecular complexity index is 544. The van der Waals surface area contributed by atoms with E-state index >= 15 is 0 Å². The molecule has 2 atom stereocenters. The van der Waals surface area contributed by atoms with Gasteiger partial charge < -0.3 is 4.90 Å². The predicted octanol–water partition coefficient (Wildman–Crippen LogP) is 3.31. The third-order valence-corrected chi connectivity index (χ3v) is 7.32. The number of aryl methyl sites for hydroxylation is 1. The van der Waals surface area contributed by atoms with Crippen LogP contribution in [0.4, 0.5) is 0 Å². The zero-order valence-electron chi connectivity index (χ0n) is 12.4. The molecular weight excluding hydrogens is 300 g/mol. The fourth-order valence-electron chi connectivity index (χ4n) is 4.02. The van der Waals surface area contributed by atoms with Crippen molar-refractivity contribution in [1.29, 1.82) is 0 Å². The van der Waals surface area contributed by atoms with Crippen molar-refractivity contribution in [3.63, 3.8) is 0 Å². The summed E-state index contributed by atoms with van der Waals surface area (Å²) < 4.78 is 0. The van der Waals surface area contributed by atoms with Crippen LogP contribution in [0.3, 0.4) is 0 Å². The van der Waals surface area contributed by atoms with Gasteiger partial charge in [0.2, 0.25) is 5.91 Å². The van der Waals surface area contributed by atoms with E-state index in [2.05, 4.69) is 29.3 Å². The third-order valence-electron chi connectivity index (χ3n) is 5.12. The number of nitrogens with one attached hydrogen (secondary N) is 1. The summed E-state index contributed by atoms with van der Waals surface area (Å²) in [6.07, 6.45) is 5.66. The van der Waals surface area contributed by atoms with Crippen molar-refractivity contribution in [2.75, 3.05) is 11.5 Å². The average molecular weight is 322 g/mol. The normalized spacial score (nSPS) is 31.7. The van der Waals surface area contributed by atoms with Crippen LogP contribution in [0.25, 0.3) is 0 Å². The first-order valence-corrected chi connectivity index (χ1v) is 9.91. The summed E-state index contributed by atoms with van der Waals surface area (Å²) in [5.74, 6) is 2.67. The van der Waals surface area contributed by atoms with E-state index in [1.165, 1.54) is 28.3 Å². The van der Waals surface area contributed by atoms with Crippen LogP contribution in [0, 0.1) is 6.92 Å². The lowest BCUT2D eigenvalue weighted by molar-refractivity contribution is -0.134. The molecular formula is C16H22N2OS2. The number of hydrogen-bond donors (Lipinski definition) is 1. The van der Waals surface area contributed by atoms with E-state index in [-0.39, 0.29) is 11.7 Å². The van der Waals surface area contributed by atoms with Crippen LogP contribution in [0.2, 0.25) is 0 Å². The Kier molecular flexibility index (Phi) is 3.55. The molecule has 1 aromatic heterocycles. The standard InChI is InChI=1S/C16H22N2OS2/c1-11-4-5-13(21-11)14-17-16(7-2-3-8-16)15(19)18(14)12-6-9-20-10-12/h4-5,12,14,17H,2-3,6-10H2,1H3. The van der Waals surface area contributed by atoms with E-state index in [1.54, 1.807) is 0 Å².